The highest BCUT2D eigenvalue weighted by Crippen LogP contribution is 2.13. The molecule has 0 saturated heterocycles. The first-order chi connectivity index (χ1) is 7.27. The first-order valence-corrected chi connectivity index (χ1v) is 5.18. The molecule has 0 bridgehead atoms. The minimum Gasteiger partial charge on any atom is -0.469 e. The van der Waals surface area contributed by atoms with Gasteiger partial charge in [-0.3, -0.25) is 4.79 Å². The van der Waals surface area contributed by atoms with E-state index in [1.165, 1.54) is 7.11 Å². The van der Waals surface area contributed by atoms with Gasteiger partial charge in [0.15, 0.2) is 0 Å². The smallest absolute Gasteiger partial charge is 0.309 e. The van der Waals surface area contributed by atoms with Crippen LogP contribution < -0.4 is 0 Å². The summed E-state index contributed by atoms with van der Waals surface area (Å²) in [6.45, 7) is 0. The van der Waals surface area contributed by atoms with Crippen LogP contribution in [0.2, 0.25) is 0 Å². The molecule has 0 aliphatic heterocycles. The van der Waals surface area contributed by atoms with E-state index >= 15 is 0 Å². The Bertz CT molecular complexity index is 358. The van der Waals surface area contributed by atoms with Gasteiger partial charge in [-0.2, -0.15) is 0 Å². The molecule has 0 aliphatic rings. The van der Waals surface area contributed by atoms with E-state index < -0.39 is 0 Å². The lowest BCUT2D eigenvalue weighted by Gasteiger charge is -2.00. The van der Waals surface area contributed by atoms with Crippen LogP contribution in [0.1, 0.15) is 17.5 Å². The first-order valence-electron chi connectivity index (χ1n) is 4.65. The van der Waals surface area contributed by atoms with Crippen molar-refractivity contribution >= 4 is 23.6 Å². The number of rotatable bonds is 4. The van der Waals surface area contributed by atoms with Gasteiger partial charge in [0.1, 0.15) is 0 Å². The molecule has 0 fully saturated rings. The molecule has 1 aromatic rings. The molecule has 1 rings (SSSR count). The maximum absolute atomic E-state index is 10.9. The lowest BCUT2D eigenvalue weighted by atomic mass is 10.1. The zero-order valence-electron chi connectivity index (χ0n) is 8.57. The van der Waals surface area contributed by atoms with Crippen molar-refractivity contribution < 1.29 is 9.53 Å². The number of halogens is 1. The molecule has 0 aliphatic carbocycles. The topological polar surface area (TPSA) is 26.3 Å². The number of esters is 1. The third kappa shape index (κ3) is 3.76. The molecule has 0 N–H and O–H groups in total. The number of carbonyl (C=O) groups excluding carboxylic acids is 1. The van der Waals surface area contributed by atoms with Crippen molar-refractivity contribution in [1.82, 2.24) is 0 Å². The van der Waals surface area contributed by atoms with E-state index in [9.17, 15) is 4.79 Å². The van der Waals surface area contributed by atoms with Crippen molar-refractivity contribution in [1.29, 1.82) is 0 Å². The number of carbonyl (C=O) groups is 1. The van der Waals surface area contributed by atoms with Gasteiger partial charge >= 0.3 is 5.97 Å². The van der Waals surface area contributed by atoms with Gasteiger partial charge in [0, 0.05) is 5.88 Å². The molecule has 0 atom stereocenters. The fraction of sp³-hybridized carbons (Fsp3) is 0.250. The van der Waals surface area contributed by atoms with E-state index in [1.54, 1.807) is 6.08 Å². The van der Waals surface area contributed by atoms with E-state index in [1.807, 2.05) is 30.3 Å². The van der Waals surface area contributed by atoms with E-state index in [2.05, 4.69) is 4.74 Å². The van der Waals surface area contributed by atoms with Crippen LogP contribution in [-0.2, 0) is 15.4 Å². The molecule has 0 unspecified atom stereocenters. The van der Waals surface area contributed by atoms with E-state index in [4.69, 9.17) is 11.6 Å². The third-order valence-corrected chi connectivity index (χ3v) is 2.30. The number of hydrogen-bond acceptors (Lipinski definition) is 2. The van der Waals surface area contributed by atoms with Crippen LogP contribution >= 0.6 is 11.6 Å². The lowest BCUT2D eigenvalue weighted by Crippen LogP contribution is -1.96. The molecule has 80 valence electrons. The number of alkyl halides is 1. The van der Waals surface area contributed by atoms with Crippen LogP contribution in [0, 0.1) is 0 Å². The predicted octanol–water partition coefficient (Wildman–Crippen LogP) is 3.00. The largest absolute Gasteiger partial charge is 0.469 e. The van der Waals surface area contributed by atoms with Crippen LogP contribution in [0.5, 0.6) is 0 Å². The molecular weight excluding hydrogens is 212 g/mol. The standard InChI is InChI=1S/C12H13ClO2/c1-15-12(14)8-4-7-10-5-2-3-6-11(10)9-13/h2-7H,8-9H2,1H3. The molecule has 0 aromatic heterocycles. The monoisotopic (exact) mass is 224 g/mol. The summed E-state index contributed by atoms with van der Waals surface area (Å²) in [7, 11) is 1.38. The summed E-state index contributed by atoms with van der Waals surface area (Å²) in [5.74, 6) is 0.230. The Hall–Kier alpha value is -1.28. The summed E-state index contributed by atoms with van der Waals surface area (Å²) in [6, 6.07) is 7.81. The Morgan fingerprint density at radius 1 is 1.47 bits per heavy atom. The quantitative estimate of drug-likeness (QED) is 0.581. The summed E-state index contributed by atoms with van der Waals surface area (Å²) in [5.41, 5.74) is 2.09. The number of methoxy groups -OCH3 is 1. The third-order valence-electron chi connectivity index (χ3n) is 2.01. The molecular formula is C12H13ClO2. The average molecular weight is 225 g/mol. The minimum atomic E-state index is -0.241. The molecule has 1 aromatic carbocycles. The van der Waals surface area contributed by atoms with Crippen LogP contribution in [0.15, 0.2) is 30.3 Å². The molecule has 0 radical (unpaired) electrons. The van der Waals surface area contributed by atoms with Crippen molar-refractivity contribution in [3.8, 4) is 0 Å². The zero-order chi connectivity index (χ0) is 11.1. The van der Waals surface area contributed by atoms with Gasteiger partial charge in [0.05, 0.1) is 13.5 Å². The van der Waals surface area contributed by atoms with Crippen LogP contribution in [0.25, 0.3) is 6.08 Å². The summed E-state index contributed by atoms with van der Waals surface area (Å²) in [5, 5.41) is 0. The van der Waals surface area contributed by atoms with Gasteiger partial charge in [-0.1, -0.05) is 36.4 Å². The Kier molecular flexibility index (Phi) is 4.91. The van der Waals surface area contributed by atoms with Crippen molar-refractivity contribution in [3.05, 3.63) is 41.5 Å². The molecule has 0 amide bonds. The van der Waals surface area contributed by atoms with Gasteiger partial charge < -0.3 is 4.74 Å². The second-order valence-corrected chi connectivity index (χ2v) is 3.28. The summed E-state index contributed by atoms with van der Waals surface area (Å²) in [6.07, 6.45) is 3.94. The van der Waals surface area contributed by atoms with Gasteiger partial charge in [0.25, 0.3) is 0 Å². The van der Waals surface area contributed by atoms with E-state index in [0.29, 0.717) is 5.88 Å². The van der Waals surface area contributed by atoms with Gasteiger partial charge in [0.2, 0.25) is 0 Å². The first kappa shape index (κ1) is 11.8. The van der Waals surface area contributed by atoms with Crippen LogP contribution in [0.4, 0.5) is 0 Å². The maximum atomic E-state index is 10.9. The number of benzene rings is 1. The molecule has 3 heteroatoms. The molecule has 0 saturated carbocycles. The van der Waals surface area contributed by atoms with Crippen molar-refractivity contribution in [2.45, 2.75) is 12.3 Å². The second kappa shape index (κ2) is 6.25. The molecule has 2 nitrogen and oxygen atoms in total. The summed E-state index contributed by atoms with van der Waals surface area (Å²) < 4.78 is 4.53. The predicted molar refractivity (Wildman–Crippen MR) is 61.7 cm³/mol. The van der Waals surface area contributed by atoms with E-state index in [0.717, 1.165) is 11.1 Å². The normalized spacial score (nSPS) is 10.5. The average Bonchev–Trinajstić information content (AvgIpc) is 2.29. The number of hydrogen-bond donors (Lipinski definition) is 0. The Labute approximate surface area is 94.5 Å². The highest BCUT2D eigenvalue weighted by Gasteiger charge is 1.97. The summed E-state index contributed by atoms with van der Waals surface area (Å²) in [4.78, 5) is 10.9. The molecule has 15 heavy (non-hydrogen) atoms. The highest BCUT2D eigenvalue weighted by molar-refractivity contribution is 6.17. The molecule has 0 heterocycles. The fourth-order valence-electron chi connectivity index (χ4n) is 1.18. The Morgan fingerprint density at radius 3 is 2.87 bits per heavy atom. The number of ether oxygens (including phenoxy) is 1. The lowest BCUT2D eigenvalue weighted by molar-refractivity contribution is -0.139. The minimum absolute atomic E-state index is 0.241. The van der Waals surface area contributed by atoms with Crippen LogP contribution in [0.3, 0.4) is 0 Å². The maximum Gasteiger partial charge on any atom is 0.309 e. The van der Waals surface area contributed by atoms with E-state index in [-0.39, 0.29) is 12.4 Å². The van der Waals surface area contributed by atoms with Gasteiger partial charge in [-0.15, -0.1) is 11.6 Å². The van der Waals surface area contributed by atoms with Crippen molar-refractivity contribution in [2.24, 2.45) is 0 Å². The van der Waals surface area contributed by atoms with Crippen molar-refractivity contribution in [3.63, 3.8) is 0 Å². The van der Waals surface area contributed by atoms with Gasteiger partial charge in [-0.25, -0.2) is 0 Å². The Balaban J connectivity index is 2.67. The van der Waals surface area contributed by atoms with Crippen molar-refractivity contribution in [2.75, 3.05) is 7.11 Å². The zero-order valence-corrected chi connectivity index (χ0v) is 9.33. The highest BCUT2D eigenvalue weighted by atomic mass is 35.5. The fourth-order valence-corrected chi connectivity index (χ4v) is 1.43. The van der Waals surface area contributed by atoms with Gasteiger partial charge in [-0.05, 0) is 11.1 Å². The van der Waals surface area contributed by atoms with Crippen LogP contribution in [-0.4, -0.2) is 13.1 Å². The Morgan fingerprint density at radius 2 is 2.20 bits per heavy atom. The second-order valence-electron chi connectivity index (χ2n) is 3.02. The SMILES string of the molecule is COC(=O)CC=Cc1ccccc1CCl. The summed E-state index contributed by atoms with van der Waals surface area (Å²) >= 11 is 5.78. The molecule has 0 spiro atoms.